The van der Waals surface area contributed by atoms with Crippen molar-refractivity contribution in [2.75, 3.05) is 19.6 Å². The molecule has 2 atom stereocenters. The number of aromatic nitrogens is 1. The molecule has 0 radical (unpaired) electrons. The van der Waals surface area contributed by atoms with E-state index in [9.17, 15) is 4.79 Å². The number of quaternary nitrogens is 1. The number of piperidine rings is 1. The second kappa shape index (κ2) is 4.14. The largest absolute Gasteiger partial charge is 0.357 e. The normalized spacial score (nSPS) is 35.2. The molecule has 0 saturated carbocycles. The lowest BCUT2D eigenvalue weighted by Gasteiger charge is -2.45. The summed E-state index contributed by atoms with van der Waals surface area (Å²) >= 11 is 1.57. The Morgan fingerprint density at radius 2 is 1.95 bits per heavy atom. The number of carbonyl (C=O) groups excluding carboxylic acids is 1. The molecule has 0 spiro atoms. The molecule has 2 aliphatic rings. The summed E-state index contributed by atoms with van der Waals surface area (Å²) in [5, 5.41) is 1.00. The van der Waals surface area contributed by atoms with Crippen molar-refractivity contribution in [2.45, 2.75) is 47.5 Å². The summed E-state index contributed by atoms with van der Waals surface area (Å²) in [7, 11) is 0. The SMILES string of the molecule is Cc1nc(C)c(C(=O)[N+]23CCC(C)(CC(C)(C)C2)C3)s1. The summed E-state index contributed by atoms with van der Waals surface area (Å²) in [6.45, 7) is 14.0. The zero-order valence-electron chi connectivity index (χ0n) is 13.2. The van der Waals surface area contributed by atoms with E-state index in [1.54, 1.807) is 11.3 Å². The van der Waals surface area contributed by atoms with Gasteiger partial charge in [-0.15, -0.1) is 11.3 Å². The fourth-order valence-corrected chi connectivity index (χ4v) is 5.83. The van der Waals surface area contributed by atoms with Gasteiger partial charge >= 0.3 is 5.91 Å². The topological polar surface area (TPSA) is 30.0 Å². The van der Waals surface area contributed by atoms with Crippen LogP contribution >= 0.6 is 11.3 Å². The number of carbonyl (C=O) groups is 1. The Labute approximate surface area is 125 Å². The summed E-state index contributed by atoms with van der Waals surface area (Å²) in [4.78, 5) is 18.5. The first-order valence-electron chi connectivity index (χ1n) is 7.50. The summed E-state index contributed by atoms with van der Waals surface area (Å²) in [6, 6.07) is 0. The number of fused-ring (bicyclic) bond motifs is 2. The number of rotatable bonds is 1. The number of thiazole rings is 1. The Kier molecular flexibility index (Phi) is 2.94. The van der Waals surface area contributed by atoms with Crippen LogP contribution in [0.25, 0.3) is 0 Å². The highest BCUT2D eigenvalue weighted by Gasteiger charge is 2.59. The predicted octanol–water partition coefficient (Wildman–Crippen LogP) is 3.56. The summed E-state index contributed by atoms with van der Waals surface area (Å²) in [6.07, 6.45) is 2.42. The minimum atomic E-state index is 0.257. The molecule has 1 aromatic heterocycles. The second-order valence-electron chi connectivity index (χ2n) is 8.04. The molecule has 110 valence electrons. The quantitative estimate of drug-likeness (QED) is 0.741. The van der Waals surface area contributed by atoms with E-state index in [-0.39, 0.29) is 5.41 Å². The molecule has 3 rings (SSSR count). The Morgan fingerprint density at radius 1 is 1.25 bits per heavy atom. The third-order valence-electron chi connectivity index (χ3n) is 4.99. The van der Waals surface area contributed by atoms with Gasteiger partial charge in [-0.2, -0.15) is 0 Å². The zero-order chi connectivity index (χ0) is 14.8. The lowest BCUT2D eigenvalue weighted by atomic mass is 9.71. The fourth-order valence-electron chi connectivity index (χ4n) is 4.87. The molecule has 20 heavy (non-hydrogen) atoms. The molecule has 4 heteroatoms. The molecular weight excluding hydrogens is 268 g/mol. The van der Waals surface area contributed by atoms with Crippen molar-refractivity contribution in [1.29, 1.82) is 0 Å². The molecule has 2 fully saturated rings. The average Bonchev–Trinajstić information content (AvgIpc) is 2.75. The van der Waals surface area contributed by atoms with E-state index in [0.29, 0.717) is 15.8 Å². The van der Waals surface area contributed by atoms with Crippen LogP contribution in [-0.4, -0.2) is 35.0 Å². The maximum absolute atomic E-state index is 13.2. The third-order valence-corrected chi connectivity index (χ3v) is 6.05. The van der Waals surface area contributed by atoms with E-state index in [4.69, 9.17) is 0 Å². The smallest absolute Gasteiger partial charge is 0.254 e. The van der Waals surface area contributed by atoms with Gasteiger partial charge in [-0.1, -0.05) is 20.8 Å². The first-order chi connectivity index (χ1) is 9.15. The number of hydrogen-bond acceptors (Lipinski definition) is 3. The number of nitrogens with zero attached hydrogens (tertiary/aromatic N) is 2. The van der Waals surface area contributed by atoms with Crippen molar-refractivity contribution in [2.24, 2.45) is 10.8 Å². The Bertz CT molecular complexity index is 577. The maximum atomic E-state index is 13.2. The van der Waals surface area contributed by atoms with Crippen LogP contribution in [0, 0.1) is 24.7 Å². The van der Waals surface area contributed by atoms with Gasteiger partial charge in [-0.3, -0.25) is 4.48 Å². The molecule has 1 amide bonds. The Balaban J connectivity index is 2.00. The third kappa shape index (κ3) is 2.13. The van der Waals surface area contributed by atoms with Crippen LogP contribution in [0.3, 0.4) is 0 Å². The molecule has 2 aliphatic heterocycles. The molecule has 1 aromatic rings. The van der Waals surface area contributed by atoms with Crippen LogP contribution in [-0.2, 0) is 0 Å². The molecular formula is C16H25N2OS+. The van der Waals surface area contributed by atoms with Gasteiger partial charge in [0.25, 0.3) is 0 Å². The first-order valence-corrected chi connectivity index (χ1v) is 8.32. The van der Waals surface area contributed by atoms with E-state index < -0.39 is 0 Å². The zero-order valence-corrected chi connectivity index (χ0v) is 14.1. The van der Waals surface area contributed by atoms with Crippen molar-refractivity contribution in [3.05, 3.63) is 15.6 Å². The highest BCUT2D eigenvalue weighted by Crippen LogP contribution is 2.51. The molecule has 2 unspecified atom stereocenters. The highest BCUT2D eigenvalue weighted by molar-refractivity contribution is 7.13. The maximum Gasteiger partial charge on any atom is 0.357 e. The van der Waals surface area contributed by atoms with E-state index in [0.717, 1.165) is 35.2 Å². The van der Waals surface area contributed by atoms with Crippen LogP contribution in [0.1, 0.15) is 54.0 Å². The van der Waals surface area contributed by atoms with E-state index in [2.05, 4.69) is 25.8 Å². The van der Waals surface area contributed by atoms with Crippen LogP contribution in [0.4, 0.5) is 0 Å². The standard InChI is InChI=1S/C16H25N2OS/c1-11-13(20-12(2)17-11)14(19)18-7-6-16(5,10-18)8-15(3,4)9-18/h6-10H2,1-5H3/q+1. The summed E-state index contributed by atoms with van der Waals surface area (Å²) in [5.41, 5.74) is 1.51. The lowest BCUT2D eigenvalue weighted by Crippen LogP contribution is -2.59. The molecule has 3 nitrogen and oxygen atoms in total. The fraction of sp³-hybridized carbons (Fsp3) is 0.750. The average molecular weight is 293 g/mol. The van der Waals surface area contributed by atoms with Crippen molar-refractivity contribution < 1.29 is 9.28 Å². The van der Waals surface area contributed by atoms with Crippen molar-refractivity contribution in [3.8, 4) is 0 Å². The monoisotopic (exact) mass is 293 g/mol. The van der Waals surface area contributed by atoms with Crippen molar-refractivity contribution in [1.82, 2.24) is 4.98 Å². The van der Waals surface area contributed by atoms with Gasteiger partial charge in [-0.25, -0.2) is 9.78 Å². The Hall–Kier alpha value is -0.740. The van der Waals surface area contributed by atoms with Crippen molar-refractivity contribution >= 4 is 17.2 Å². The number of hydrogen-bond donors (Lipinski definition) is 0. The number of amides is 1. The van der Waals surface area contributed by atoms with Crippen LogP contribution < -0.4 is 0 Å². The molecule has 3 heterocycles. The van der Waals surface area contributed by atoms with Gasteiger partial charge in [-0.05, 0) is 20.3 Å². The summed E-state index contributed by atoms with van der Waals surface area (Å²) < 4.78 is 0.659. The highest BCUT2D eigenvalue weighted by atomic mass is 32.1. The molecule has 2 bridgehead atoms. The van der Waals surface area contributed by atoms with Gasteiger partial charge in [0.1, 0.15) is 0 Å². The Morgan fingerprint density at radius 3 is 2.55 bits per heavy atom. The van der Waals surface area contributed by atoms with Crippen LogP contribution in [0.5, 0.6) is 0 Å². The minimum absolute atomic E-state index is 0.257. The van der Waals surface area contributed by atoms with Crippen LogP contribution in [0.2, 0.25) is 0 Å². The van der Waals surface area contributed by atoms with E-state index >= 15 is 0 Å². The van der Waals surface area contributed by atoms with Crippen LogP contribution in [0.15, 0.2) is 0 Å². The van der Waals surface area contributed by atoms with E-state index in [1.807, 2.05) is 13.8 Å². The van der Waals surface area contributed by atoms with Gasteiger partial charge in [0.05, 0.1) is 30.3 Å². The second-order valence-corrected chi connectivity index (χ2v) is 9.24. The van der Waals surface area contributed by atoms with Gasteiger partial charge in [0, 0.05) is 17.3 Å². The number of aryl methyl sites for hydroxylation is 2. The van der Waals surface area contributed by atoms with Gasteiger partial charge in [0.2, 0.25) is 0 Å². The first kappa shape index (κ1) is 14.2. The molecule has 0 aliphatic carbocycles. The lowest BCUT2D eigenvalue weighted by molar-refractivity contribution is -0.851. The summed E-state index contributed by atoms with van der Waals surface area (Å²) in [5.74, 6) is 0.324. The molecule has 0 aromatic carbocycles. The molecule has 2 saturated heterocycles. The van der Waals surface area contributed by atoms with Gasteiger partial charge < -0.3 is 0 Å². The van der Waals surface area contributed by atoms with Crippen molar-refractivity contribution in [3.63, 3.8) is 0 Å². The molecule has 0 N–H and O–H groups in total. The predicted molar refractivity (Wildman–Crippen MR) is 81.9 cm³/mol. The minimum Gasteiger partial charge on any atom is -0.254 e. The van der Waals surface area contributed by atoms with E-state index in [1.165, 1.54) is 12.8 Å². The van der Waals surface area contributed by atoms with Gasteiger partial charge in [0.15, 0.2) is 4.88 Å².